The Morgan fingerprint density at radius 2 is 1.76 bits per heavy atom. The minimum atomic E-state index is -1.17. The summed E-state index contributed by atoms with van der Waals surface area (Å²) in [5.41, 5.74) is 2.23. The number of epoxide rings is 1. The number of carbonyl (C=O) groups excluding carboxylic acids is 3. The number of carbonyl (C=O) groups is 3. The van der Waals surface area contributed by atoms with Crippen molar-refractivity contribution in [3.63, 3.8) is 0 Å². The fourth-order valence-corrected chi connectivity index (χ4v) is 10.9. The molecule has 0 radical (unpaired) electrons. The number of Topliss-reactive ketones (excluding diaryl/α,β-unsaturated/α-hetero) is 1. The molecule has 0 saturated carbocycles. The first kappa shape index (κ1) is 54.4. The predicted octanol–water partition coefficient (Wildman–Crippen LogP) is 8.26. The number of aliphatic hydroxyl groups excluding tert-OH is 2. The minimum absolute atomic E-state index is 0.0170. The zero-order valence-electron chi connectivity index (χ0n) is 42.1. The summed E-state index contributed by atoms with van der Waals surface area (Å²) in [6.07, 6.45) is 7.97. The number of aromatic nitrogens is 3. The molecule has 2 aromatic heterocycles. The summed E-state index contributed by atoms with van der Waals surface area (Å²) in [5, 5.41) is 28.8. The van der Waals surface area contributed by atoms with Crippen LogP contribution in [-0.4, -0.2) is 123 Å². The van der Waals surface area contributed by atoms with Gasteiger partial charge in [-0.15, -0.1) is 11.3 Å². The molecule has 2 aromatic carbocycles. The van der Waals surface area contributed by atoms with E-state index < -0.39 is 29.3 Å². The van der Waals surface area contributed by atoms with Gasteiger partial charge in [0.15, 0.2) is 0 Å². The maximum atomic E-state index is 13.2. The second-order valence-electron chi connectivity index (χ2n) is 20.4. The average molecular weight is 1040 g/mol. The van der Waals surface area contributed by atoms with E-state index in [4.69, 9.17) is 42.1 Å². The molecule has 3 N–H and O–H groups in total. The number of hydrogen-bond acceptors (Lipinski definition) is 13. The number of aliphatic hydroxyl groups is 2. The van der Waals surface area contributed by atoms with E-state index in [1.54, 1.807) is 63.7 Å². The van der Waals surface area contributed by atoms with E-state index in [1.165, 1.54) is 0 Å². The largest absolute Gasteiger partial charge is 0.491 e. The SMILES string of the molecule is C/C(=C\c1csc(C)n1)[C@@H]1C[C@@H]2O[C@]2(C)CCC[C@H](C)[C@H](O)[C@@H](C)C(=O)C(C)(C)[C@@H](O)CC(=O)N1.CC(=O)N1CCN(c2ccc(OC[C@H]3CO[C@](Cn4ccnc4)(c4ccc(Cl)cc4Cl)O3)cc2)CC1. The molecule has 386 valence electrons. The maximum Gasteiger partial charge on any atom is 0.223 e. The molecule has 0 unspecified atom stereocenters. The van der Waals surface area contributed by atoms with Gasteiger partial charge in [0.25, 0.3) is 0 Å². The van der Waals surface area contributed by atoms with Gasteiger partial charge in [0.2, 0.25) is 17.6 Å². The first-order valence-corrected chi connectivity index (χ1v) is 26.2. The van der Waals surface area contributed by atoms with Gasteiger partial charge in [0.1, 0.15) is 24.2 Å². The monoisotopic (exact) mass is 1040 g/mol. The number of anilines is 1. The Balaban J connectivity index is 0.000000209. The molecular formula is C53H70Cl2N6O9S. The topological polar surface area (TPSA) is 181 Å². The quantitative estimate of drug-likeness (QED) is 0.137. The summed E-state index contributed by atoms with van der Waals surface area (Å²) in [4.78, 5) is 50.6. The molecule has 18 heteroatoms. The Bertz CT molecular complexity index is 2480. The average Bonchev–Trinajstić information content (AvgIpc) is 3.80. The molecule has 15 nitrogen and oxygen atoms in total. The van der Waals surface area contributed by atoms with Crippen LogP contribution in [0.3, 0.4) is 0 Å². The highest BCUT2D eigenvalue weighted by molar-refractivity contribution is 7.09. The second kappa shape index (κ2) is 23.2. The van der Waals surface area contributed by atoms with Crippen molar-refractivity contribution in [1.82, 2.24) is 24.8 Å². The molecule has 8 rings (SSSR count). The van der Waals surface area contributed by atoms with Crippen molar-refractivity contribution in [2.75, 3.05) is 44.3 Å². The highest BCUT2D eigenvalue weighted by atomic mass is 35.5. The van der Waals surface area contributed by atoms with Crippen molar-refractivity contribution >= 4 is 63.9 Å². The molecule has 0 spiro atoms. The summed E-state index contributed by atoms with van der Waals surface area (Å²) in [6, 6.07) is 13.0. The van der Waals surface area contributed by atoms with Gasteiger partial charge in [-0.25, -0.2) is 9.97 Å². The normalized spacial score (nSPS) is 29.7. The summed E-state index contributed by atoms with van der Waals surface area (Å²) < 4.78 is 26.7. The Morgan fingerprint density at radius 1 is 1.03 bits per heavy atom. The molecule has 0 aliphatic carbocycles. The van der Waals surface area contributed by atoms with E-state index in [1.807, 2.05) is 78.2 Å². The smallest absolute Gasteiger partial charge is 0.223 e. The predicted molar refractivity (Wildman–Crippen MR) is 276 cm³/mol. The van der Waals surface area contributed by atoms with Gasteiger partial charge in [-0.1, -0.05) is 63.4 Å². The van der Waals surface area contributed by atoms with Gasteiger partial charge in [0.05, 0.1) is 77.0 Å². The zero-order valence-corrected chi connectivity index (χ0v) is 44.4. The van der Waals surface area contributed by atoms with Crippen molar-refractivity contribution in [1.29, 1.82) is 0 Å². The Labute approximate surface area is 431 Å². The van der Waals surface area contributed by atoms with Crippen LogP contribution in [0.4, 0.5) is 5.69 Å². The van der Waals surface area contributed by atoms with Crippen LogP contribution in [0.15, 0.2) is 72.1 Å². The third-order valence-electron chi connectivity index (χ3n) is 14.6. The van der Waals surface area contributed by atoms with Crippen LogP contribution in [0, 0.1) is 24.2 Å². The van der Waals surface area contributed by atoms with E-state index in [0.29, 0.717) is 41.8 Å². The molecular weight excluding hydrogens is 968 g/mol. The molecule has 4 fully saturated rings. The van der Waals surface area contributed by atoms with E-state index in [0.717, 1.165) is 73.2 Å². The lowest BCUT2D eigenvalue weighted by Crippen LogP contribution is -2.48. The molecule has 4 saturated heterocycles. The summed E-state index contributed by atoms with van der Waals surface area (Å²) in [5.74, 6) is -1.44. The number of piperazine rings is 1. The van der Waals surface area contributed by atoms with Crippen LogP contribution in [0.25, 0.3) is 6.08 Å². The van der Waals surface area contributed by atoms with Gasteiger partial charge < -0.3 is 48.8 Å². The Morgan fingerprint density at radius 3 is 2.41 bits per heavy atom. The van der Waals surface area contributed by atoms with Crippen LogP contribution in [-0.2, 0) is 40.9 Å². The number of nitrogens with one attached hydrogen (secondary N) is 1. The molecule has 0 bridgehead atoms. The molecule has 9 atom stereocenters. The number of halogens is 2. The Kier molecular flexibility index (Phi) is 17.8. The van der Waals surface area contributed by atoms with Crippen molar-refractivity contribution in [2.24, 2.45) is 17.3 Å². The molecule has 2 amide bonds. The first-order valence-electron chi connectivity index (χ1n) is 24.6. The zero-order chi connectivity index (χ0) is 51.3. The highest BCUT2D eigenvalue weighted by Gasteiger charge is 2.53. The van der Waals surface area contributed by atoms with Crippen molar-refractivity contribution in [2.45, 2.75) is 136 Å². The number of ketones is 1. The number of ether oxygens (including phenoxy) is 4. The lowest BCUT2D eigenvalue weighted by molar-refractivity contribution is -0.189. The maximum absolute atomic E-state index is 13.2. The van der Waals surface area contributed by atoms with E-state index in [9.17, 15) is 24.6 Å². The van der Waals surface area contributed by atoms with E-state index >= 15 is 0 Å². The fourth-order valence-electron chi connectivity index (χ4n) is 9.79. The standard InChI is InChI=1S/C27H42N2O5S.C26H28Cl2N4O4/c1-15-9-8-10-27(7)22(34-27)12-20(16(2)11-19-14-35-18(4)28-19)29-23(31)13-21(30)26(5,6)25(33)17(3)24(15)32;1-19(33)31-10-12-32(13-11-31)21-3-5-22(6-4-21)34-15-23-16-35-26(36-23,17-30-9-8-29-18-30)24-7-2-20(27)14-25(24)28/h11,14-15,17,20-22,24,30,32H,8-10,12-13H2,1-7H3,(H,29,31);2-9,14,18,23H,10-13,15-17H2,1H3/b16-11+;/t15-,17+,20-,21-,22-,24-,27+;23-,26-/m00/s1. The number of aryl methyl sites for hydroxylation is 1. The lowest BCUT2D eigenvalue weighted by Gasteiger charge is -2.35. The van der Waals surface area contributed by atoms with Gasteiger partial charge in [-0.05, 0) is 87.6 Å². The van der Waals surface area contributed by atoms with Crippen molar-refractivity contribution in [3.8, 4) is 5.75 Å². The van der Waals surface area contributed by atoms with Crippen LogP contribution in [0.2, 0.25) is 10.0 Å². The van der Waals surface area contributed by atoms with Crippen LogP contribution in [0.1, 0.15) is 96.8 Å². The minimum Gasteiger partial charge on any atom is -0.491 e. The second-order valence-corrected chi connectivity index (χ2v) is 22.3. The van der Waals surface area contributed by atoms with Crippen molar-refractivity contribution < 1.29 is 43.5 Å². The number of thiazole rings is 1. The molecule has 4 aliphatic rings. The summed E-state index contributed by atoms with van der Waals surface area (Å²) >= 11 is 14.2. The van der Waals surface area contributed by atoms with Crippen LogP contribution >= 0.6 is 34.5 Å². The molecule has 4 aromatic rings. The third-order valence-corrected chi connectivity index (χ3v) is 15.9. The summed E-state index contributed by atoms with van der Waals surface area (Å²) in [7, 11) is 0. The number of hydrogen-bond donors (Lipinski definition) is 3. The van der Waals surface area contributed by atoms with E-state index in [-0.39, 0.29) is 53.8 Å². The van der Waals surface area contributed by atoms with Gasteiger partial charge in [-0.2, -0.15) is 0 Å². The lowest BCUT2D eigenvalue weighted by atomic mass is 9.72. The number of fused-ring (bicyclic) bond motifs is 1. The van der Waals surface area contributed by atoms with Gasteiger partial charge in [0, 0.05) is 79.5 Å². The van der Waals surface area contributed by atoms with Gasteiger partial charge in [-0.3, -0.25) is 14.4 Å². The Hall–Kier alpha value is -4.39. The number of nitrogens with zero attached hydrogens (tertiary/aromatic N) is 5. The summed E-state index contributed by atoms with van der Waals surface area (Å²) in [6.45, 7) is 18.8. The number of amides is 2. The van der Waals surface area contributed by atoms with Crippen molar-refractivity contribution in [3.05, 3.63) is 98.4 Å². The highest BCUT2D eigenvalue weighted by Crippen LogP contribution is 2.45. The number of imidazole rings is 1. The van der Waals surface area contributed by atoms with Crippen LogP contribution in [0.5, 0.6) is 5.75 Å². The van der Waals surface area contributed by atoms with E-state index in [2.05, 4.69) is 27.1 Å². The number of benzene rings is 2. The first-order chi connectivity index (χ1) is 33.7. The molecule has 71 heavy (non-hydrogen) atoms. The fraction of sp³-hybridized carbons (Fsp3) is 0.566. The molecule has 4 aliphatic heterocycles. The third kappa shape index (κ3) is 13.6. The molecule has 6 heterocycles. The number of rotatable bonds is 9. The van der Waals surface area contributed by atoms with Gasteiger partial charge >= 0.3 is 0 Å². The van der Waals surface area contributed by atoms with Crippen LogP contribution < -0.4 is 15.0 Å².